The van der Waals surface area contributed by atoms with Crippen LogP contribution in [0.1, 0.15) is 40.8 Å². The second kappa shape index (κ2) is 12.0. The van der Waals surface area contributed by atoms with Crippen LogP contribution in [0.4, 0.5) is 8.78 Å². The fourth-order valence-corrected chi connectivity index (χ4v) is 2.03. The van der Waals surface area contributed by atoms with E-state index in [-0.39, 0.29) is 19.1 Å². The molecule has 146 valence electrons. The van der Waals surface area contributed by atoms with Gasteiger partial charge in [0.25, 0.3) is 0 Å². The predicted octanol–water partition coefficient (Wildman–Crippen LogP) is 7.82. The average Bonchev–Trinajstić information content (AvgIpc) is 2.59. The van der Waals surface area contributed by atoms with Crippen molar-refractivity contribution in [1.29, 1.82) is 0 Å². The summed E-state index contributed by atoms with van der Waals surface area (Å²) in [5, 5.41) is 0. The summed E-state index contributed by atoms with van der Waals surface area (Å²) >= 11 is 0. The lowest BCUT2D eigenvalue weighted by molar-refractivity contribution is 0.617. The first kappa shape index (κ1) is 24.5. The van der Waals surface area contributed by atoms with E-state index in [4.69, 9.17) is 0 Å². The van der Waals surface area contributed by atoms with E-state index in [9.17, 15) is 8.78 Å². The highest BCUT2D eigenvalue weighted by Gasteiger charge is 1.94. The van der Waals surface area contributed by atoms with Gasteiger partial charge in [-0.1, -0.05) is 67.1 Å². The quantitative estimate of drug-likeness (QED) is 0.378. The zero-order valence-corrected chi connectivity index (χ0v) is 16.5. The smallest absolute Gasteiger partial charge is 0.126 e. The van der Waals surface area contributed by atoms with Crippen LogP contribution in [0.25, 0.3) is 0 Å². The second-order valence-electron chi connectivity index (χ2n) is 6.66. The Morgan fingerprint density at radius 2 is 0.704 bits per heavy atom. The van der Waals surface area contributed by atoms with Crippen molar-refractivity contribution in [2.45, 2.75) is 49.0 Å². The highest BCUT2D eigenvalue weighted by molar-refractivity contribution is 5.22. The van der Waals surface area contributed by atoms with E-state index in [1.165, 1.54) is 23.3 Å². The van der Waals surface area contributed by atoms with Gasteiger partial charge in [0.1, 0.15) is 11.6 Å². The summed E-state index contributed by atoms with van der Waals surface area (Å²) in [7, 11) is 0. The predicted molar refractivity (Wildman–Crippen MR) is 114 cm³/mol. The minimum atomic E-state index is -0.116. The lowest BCUT2D eigenvalue weighted by atomic mass is 10.2. The van der Waals surface area contributed by atoms with Gasteiger partial charge in [0, 0.05) is 0 Å². The maximum Gasteiger partial charge on any atom is 0.126 e. The van der Waals surface area contributed by atoms with Gasteiger partial charge in [0.2, 0.25) is 0 Å². The van der Waals surface area contributed by atoms with Crippen molar-refractivity contribution in [2.75, 3.05) is 0 Å². The number of rotatable bonds is 0. The van der Waals surface area contributed by atoms with E-state index in [1.807, 2.05) is 26.0 Å². The van der Waals surface area contributed by atoms with Crippen LogP contribution < -0.4 is 0 Å². The SMILES string of the molecule is C.Cc1ccc(C)c(F)c1.Cc1ccc(C)c(F)c1.Cc1ccc(C)cc1. The van der Waals surface area contributed by atoms with Crippen molar-refractivity contribution >= 4 is 0 Å². The third kappa shape index (κ3) is 9.69. The fraction of sp³-hybridized carbons (Fsp3) is 0.280. The van der Waals surface area contributed by atoms with Crippen molar-refractivity contribution < 1.29 is 8.78 Å². The first-order valence-corrected chi connectivity index (χ1v) is 8.68. The molecule has 0 amide bonds. The lowest BCUT2D eigenvalue weighted by Crippen LogP contribution is -1.81. The monoisotopic (exact) mass is 370 g/mol. The number of hydrogen-bond acceptors (Lipinski definition) is 0. The first-order chi connectivity index (χ1) is 12.2. The zero-order chi connectivity index (χ0) is 19.7. The molecule has 0 bridgehead atoms. The molecule has 3 aromatic rings. The topological polar surface area (TPSA) is 0 Å². The molecule has 0 nitrogen and oxygen atoms in total. The van der Waals surface area contributed by atoms with E-state index in [0.29, 0.717) is 11.1 Å². The van der Waals surface area contributed by atoms with Gasteiger partial charge in [-0.2, -0.15) is 0 Å². The summed E-state index contributed by atoms with van der Waals surface area (Å²) < 4.78 is 25.2. The molecular formula is C25H32F2. The minimum Gasteiger partial charge on any atom is -0.207 e. The first-order valence-electron chi connectivity index (χ1n) is 8.68. The van der Waals surface area contributed by atoms with E-state index in [2.05, 4.69) is 38.1 Å². The van der Waals surface area contributed by atoms with Gasteiger partial charge in [-0.15, -0.1) is 0 Å². The molecule has 0 radical (unpaired) electrons. The van der Waals surface area contributed by atoms with E-state index in [0.717, 1.165) is 11.1 Å². The molecule has 3 aromatic carbocycles. The van der Waals surface area contributed by atoms with Gasteiger partial charge in [-0.3, -0.25) is 0 Å². The maximum atomic E-state index is 12.6. The summed E-state index contributed by atoms with van der Waals surface area (Å²) in [6.07, 6.45) is 0. The van der Waals surface area contributed by atoms with Crippen molar-refractivity contribution in [2.24, 2.45) is 0 Å². The standard InChI is InChI=1S/2C8H9F.C8H10.CH4/c2*1-6-3-4-7(2)8(9)5-6;1-7-3-5-8(2)6-4-7;/h2*3-5H,1-2H3;3-6H,1-2H3;1H4. The summed E-state index contributed by atoms with van der Waals surface area (Å²) in [4.78, 5) is 0. The summed E-state index contributed by atoms with van der Waals surface area (Å²) in [5.41, 5.74) is 6.02. The normalized spacial score (nSPS) is 9.19. The third-order valence-corrected chi connectivity index (χ3v) is 3.87. The molecule has 0 aliphatic rings. The number of aryl methyl sites for hydroxylation is 6. The average molecular weight is 371 g/mol. The maximum absolute atomic E-state index is 12.6. The molecule has 0 fully saturated rings. The number of benzene rings is 3. The van der Waals surface area contributed by atoms with Crippen molar-refractivity contribution in [3.63, 3.8) is 0 Å². The van der Waals surface area contributed by atoms with Crippen LogP contribution >= 0.6 is 0 Å². The van der Waals surface area contributed by atoms with Crippen LogP contribution in [0.15, 0.2) is 60.7 Å². The van der Waals surface area contributed by atoms with Gasteiger partial charge in [-0.25, -0.2) is 8.78 Å². The molecule has 0 unspecified atom stereocenters. The van der Waals surface area contributed by atoms with Crippen LogP contribution in [-0.2, 0) is 0 Å². The van der Waals surface area contributed by atoms with E-state index in [1.54, 1.807) is 26.0 Å². The molecule has 0 saturated heterocycles. The molecule has 0 aliphatic carbocycles. The highest BCUT2D eigenvalue weighted by atomic mass is 19.1. The molecule has 0 aromatic heterocycles. The van der Waals surface area contributed by atoms with Crippen LogP contribution in [-0.4, -0.2) is 0 Å². The Morgan fingerprint density at radius 3 is 0.926 bits per heavy atom. The third-order valence-electron chi connectivity index (χ3n) is 3.87. The van der Waals surface area contributed by atoms with Crippen molar-refractivity contribution in [1.82, 2.24) is 0 Å². The van der Waals surface area contributed by atoms with E-state index >= 15 is 0 Å². The Hall–Kier alpha value is -2.48. The lowest BCUT2D eigenvalue weighted by Gasteiger charge is -1.94. The molecule has 0 N–H and O–H groups in total. The molecule has 0 saturated carbocycles. The van der Waals surface area contributed by atoms with Gasteiger partial charge < -0.3 is 0 Å². The van der Waals surface area contributed by atoms with Gasteiger partial charge in [0.05, 0.1) is 0 Å². The molecule has 3 rings (SSSR count). The van der Waals surface area contributed by atoms with Gasteiger partial charge >= 0.3 is 0 Å². The van der Waals surface area contributed by atoms with Crippen molar-refractivity contribution in [3.05, 3.63) is 106 Å². The molecule has 2 heteroatoms. The molecular weight excluding hydrogens is 338 g/mol. The Morgan fingerprint density at radius 1 is 0.444 bits per heavy atom. The second-order valence-corrected chi connectivity index (χ2v) is 6.66. The van der Waals surface area contributed by atoms with Gasteiger partial charge in [0.15, 0.2) is 0 Å². The van der Waals surface area contributed by atoms with Crippen LogP contribution in [0.3, 0.4) is 0 Å². The Balaban J connectivity index is 0.000000369. The summed E-state index contributed by atoms with van der Waals surface area (Å²) in [5.74, 6) is -0.231. The number of halogens is 2. The number of hydrogen-bond donors (Lipinski definition) is 0. The van der Waals surface area contributed by atoms with Crippen LogP contribution in [0.5, 0.6) is 0 Å². The Bertz CT molecular complexity index is 748. The molecule has 27 heavy (non-hydrogen) atoms. The highest BCUT2D eigenvalue weighted by Crippen LogP contribution is 2.07. The molecule has 0 aliphatic heterocycles. The largest absolute Gasteiger partial charge is 0.207 e. The Labute approximate surface area is 163 Å². The van der Waals surface area contributed by atoms with Crippen LogP contribution in [0.2, 0.25) is 0 Å². The molecule has 0 spiro atoms. The summed E-state index contributed by atoms with van der Waals surface area (Å²) in [6, 6.07) is 18.9. The molecule has 0 heterocycles. The molecule has 0 atom stereocenters. The summed E-state index contributed by atoms with van der Waals surface area (Å²) in [6.45, 7) is 11.5. The van der Waals surface area contributed by atoms with Crippen LogP contribution in [0, 0.1) is 53.2 Å². The van der Waals surface area contributed by atoms with Gasteiger partial charge in [-0.05, 0) is 75.9 Å². The minimum absolute atomic E-state index is 0. The Kier molecular flexibility index (Phi) is 10.9. The van der Waals surface area contributed by atoms with Crippen molar-refractivity contribution in [3.8, 4) is 0 Å². The zero-order valence-electron chi connectivity index (χ0n) is 16.5. The van der Waals surface area contributed by atoms with E-state index < -0.39 is 0 Å². The fourth-order valence-electron chi connectivity index (χ4n) is 2.03.